The van der Waals surface area contributed by atoms with Gasteiger partial charge in [0.2, 0.25) is 5.88 Å². The number of hydrogen-bond donors (Lipinski definition) is 2. The number of fused-ring (bicyclic) bond motifs is 1. The molecule has 0 saturated carbocycles. The van der Waals surface area contributed by atoms with Crippen molar-refractivity contribution in [2.24, 2.45) is 14.1 Å². The number of benzene rings is 2. The number of halogens is 1. The molecule has 2 aromatic carbocycles. The van der Waals surface area contributed by atoms with Crippen molar-refractivity contribution in [2.45, 2.75) is 31.9 Å². The molecule has 0 radical (unpaired) electrons. The first kappa shape index (κ1) is 28.9. The lowest BCUT2D eigenvalue weighted by atomic mass is 9.95. The van der Waals surface area contributed by atoms with E-state index >= 15 is 0 Å². The highest BCUT2D eigenvalue weighted by Gasteiger charge is 2.38. The largest absolute Gasteiger partial charge is 0.481 e. The van der Waals surface area contributed by atoms with Crippen LogP contribution in [0.15, 0.2) is 58.3 Å². The molecule has 2 aliphatic rings. The molecule has 1 aliphatic carbocycles. The first-order valence-corrected chi connectivity index (χ1v) is 14.4. The number of rotatable bonds is 6. The monoisotopic (exact) mass is 601 g/mol. The van der Waals surface area contributed by atoms with Crippen LogP contribution < -0.4 is 21.3 Å². The van der Waals surface area contributed by atoms with E-state index in [0.29, 0.717) is 35.4 Å². The fourth-order valence-corrected chi connectivity index (χ4v) is 6.46. The van der Waals surface area contributed by atoms with Crippen molar-refractivity contribution in [3.05, 3.63) is 96.8 Å². The number of aliphatic hydroxyl groups is 1. The SMILES string of the molecule is COc1nc(-c2cccc(-c3cccc(NC(=O)c4cn(C)c(=O)n(C)c4=O)c3C)c2Cl)cc2c1[C@H](N1CC(O)C1)CC2. The zero-order valence-corrected chi connectivity index (χ0v) is 25.1. The zero-order chi connectivity index (χ0) is 30.6. The van der Waals surface area contributed by atoms with Gasteiger partial charge in [0.1, 0.15) is 5.56 Å². The van der Waals surface area contributed by atoms with Crippen LogP contribution in [0, 0.1) is 6.92 Å². The van der Waals surface area contributed by atoms with Crippen LogP contribution in [0.1, 0.15) is 39.5 Å². The molecule has 1 aliphatic heterocycles. The smallest absolute Gasteiger partial charge is 0.330 e. The van der Waals surface area contributed by atoms with Gasteiger partial charge in [0.25, 0.3) is 11.5 Å². The second-order valence-electron chi connectivity index (χ2n) is 11.2. The number of amides is 1. The van der Waals surface area contributed by atoms with Crippen LogP contribution in [0.4, 0.5) is 5.69 Å². The Hall–Kier alpha value is -4.25. The van der Waals surface area contributed by atoms with Gasteiger partial charge in [0.15, 0.2) is 0 Å². The number of aliphatic hydroxyl groups excluding tert-OH is 1. The fourth-order valence-electron chi connectivity index (χ4n) is 6.14. The molecule has 0 bridgehead atoms. The van der Waals surface area contributed by atoms with Crippen molar-refractivity contribution in [1.82, 2.24) is 19.0 Å². The Morgan fingerprint density at radius 3 is 2.51 bits per heavy atom. The van der Waals surface area contributed by atoms with Gasteiger partial charge in [-0.3, -0.25) is 19.1 Å². The van der Waals surface area contributed by atoms with E-state index in [2.05, 4.69) is 16.3 Å². The quantitative estimate of drug-likeness (QED) is 0.346. The highest BCUT2D eigenvalue weighted by atomic mass is 35.5. The molecule has 3 heterocycles. The van der Waals surface area contributed by atoms with Gasteiger partial charge in [-0.15, -0.1) is 0 Å². The Balaban J connectivity index is 1.34. The number of nitrogens with zero attached hydrogens (tertiary/aromatic N) is 4. The van der Waals surface area contributed by atoms with Crippen LogP contribution in [0.25, 0.3) is 22.4 Å². The molecule has 1 amide bonds. The summed E-state index contributed by atoms with van der Waals surface area (Å²) < 4.78 is 7.86. The lowest BCUT2D eigenvalue weighted by Gasteiger charge is -2.40. The van der Waals surface area contributed by atoms with E-state index in [1.54, 1.807) is 13.2 Å². The van der Waals surface area contributed by atoms with Crippen LogP contribution in [0.3, 0.4) is 0 Å². The number of carbonyl (C=O) groups is 1. The summed E-state index contributed by atoms with van der Waals surface area (Å²) in [5, 5.41) is 13.2. The van der Waals surface area contributed by atoms with Gasteiger partial charge in [0.05, 0.1) is 23.9 Å². The lowest BCUT2D eigenvalue weighted by Crippen LogP contribution is -2.51. The molecular formula is C32H32ClN5O5. The number of ether oxygens (including phenoxy) is 1. The summed E-state index contributed by atoms with van der Waals surface area (Å²) in [6.45, 7) is 3.18. The molecule has 1 fully saturated rings. The summed E-state index contributed by atoms with van der Waals surface area (Å²) in [6.07, 6.45) is 2.79. The number of anilines is 1. The number of carbonyl (C=O) groups excluding carboxylic acids is 1. The number of aromatic nitrogens is 3. The van der Waals surface area contributed by atoms with Crippen molar-refractivity contribution in [2.75, 3.05) is 25.5 Å². The molecule has 43 heavy (non-hydrogen) atoms. The third kappa shape index (κ3) is 4.95. The normalized spacial score (nSPS) is 16.6. The third-order valence-electron chi connectivity index (χ3n) is 8.49. The van der Waals surface area contributed by atoms with Gasteiger partial charge >= 0.3 is 5.69 Å². The first-order chi connectivity index (χ1) is 20.6. The van der Waals surface area contributed by atoms with Crippen molar-refractivity contribution >= 4 is 23.2 Å². The van der Waals surface area contributed by atoms with Crippen molar-refractivity contribution in [3.8, 4) is 28.3 Å². The maximum Gasteiger partial charge on any atom is 0.330 e. The van der Waals surface area contributed by atoms with Gasteiger partial charge in [-0.25, -0.2) is 9.78 Å². The van der Waals surface area contributed by atoms with Gasteiger partial charge in [0, 0.05) is 61.8 Å². The summed E-state index contributed by atoms with van der Waals surface area (Å²) in [7, 11) is 4.45. The predicted molar refractivity (Wildman–Crippen MR) is 165 cm³/mol. The maximum absolute atomic E-state index is 13.1. The molecule has 222 valence electrons. The molecule has 6 rings (SSSR count). The Bertz CT molecular complexity index is 1890. The summed E-state index contributed by atoms with van der Waals surface area (Å²) in [5.74, 6) is -0.0416. The average molecular weight is 602 g/mol. The molecule has 0 spiro atoms. The van der Waals surface area contributed by atoms with E-state index in [1.807, 2.05) is 37.3 Å². The average Bonchev–Trinajstić information content (AvgIpc) is 3.40. The zero-order valence-electron chi connectivity index (χ0n) is 24.3. The summed E-state index contributed by atoms with van der Waals surface area (Å²) in [4.78, 5) is 44.9. The molecule has 1 saturated heterocycles. The first-order valence-electron chi connectivity index (χ1n) is 14.1. The Morgan fingerprint density at radius 2 is 1.79 bits per heavy atom. The number of β-amino-alcohol motifs (C(OH)–C–C–N with tert-alkyl or cyclic N) is 1. The topological polar surface area (TPSA) is 119 Å². The van der Waals surface area contributed by atoms with Crippen molar-refractivity contribution in [3.63, 3.8) is 0 Å². The number of nitrogens with one attached hydrogen (secondary N) is 1. The second kappa shape index (κ2) is 11.1. The molecule has 10 nitrogen and oxygen atoms in total. The highest BCUT2D eigenvalue weighted by molar-refractivity contribution is 6.36. The molecule has 2 N–H and O–H groups in total. The molecular weight excluding hydrogens is 570 g/mol. The summed E-state index contributed by atoms with van der Waals surface area (Å²) >= 11 is 7.07. The number of likely N-dealkylation sites (tertiary alicyclic amines) is 1. The van der Waals surface area contributed by atoms with Gasteiger partial charge in [-0.1, -0.05) is 41.9 Å². The van der Waals surface area contributed by atoms with Crippen LogP contribution >= 0.6 is 11.6 Å². The van der Waals surface area contributed by atoms with E-state index in [4.69, 9.17) is 21.3 Å². The van der Waals surface area contributed by atoms with Crippen LogP contribution in [0.2, 0.25) is 5.02 Å². The molecule has 1 atom stereocenters. The fraction of sp³-hybridized carbons (Fsp3) is 0.312. The van der Waals surface area contributed by atoms with E-state index < -0.39 is 17.2 Å². The molecule has 4 aromatic rings. The van der Waals surface area contributed by atoms with Gasteiger partial charge in [-0.2, -0.15) is 0 Å². The minimum absolute atomic E-state index is 0.140. The molecule has 2 aromatic heterocycles. The number of aryl methyl sites for hydroxylation is 2. The van der Waals surface area contributed by atoms with E-state index in [-0.39, 0.29) is 17.7 Å². The summed E-state index contributed by atoms with van der Waals surface area (Å²) in [6, 6.07) is 13.5. The maximum atomic E-state index is 13.1. The Morgan fingerprint density at radius 1 is 1.09 bits per heavy atom. The van der Waals surface area contributed by atoms with E-state index in [1.165, 1.54) is 30.4 Å². The Labute approximate surface area is 253 Å². The predicted octanol–water partition coefficient (Wildman–Crippen LogP) is 3.70. The summed E-state index contributed by atoms with van der Waals surface area (Å²) in [5.41, 5.74) is 5.23. The molecule has 0 unspecified atom stereocenters. The van der Waals surface area contributed by atoms with Crippen molar-refractivity contribution in [1.29, 1.82) is 0 Å². The number of hydrogen-bond acceptors (Lipinski definition) is 7. The lowest BCUT2D eigenvalue weighted by molar-refractivity contribution is -0.0256. The van der Waals surface area contributed by atoms with Crippen LogP contribution in [-0.4, -0.2) is 56.3 Å². The minimum atomic E-state index is -0.670. The third-order valence-corrected chi connectivity index (χ3v) is 8.90. The van der Waals surface area contributed by atoms with Gasteiger partial charge < -0.3 is 19.7 Å². The number of pyridine rings is 1. The van der Waals surface area contributed by atoms with Gasteiger partial charge in [-0.05, 0) is 48.6 Å². The minimum Gasteiger partial charge on any atom is -0.481 e. The molecule has 11 heteroatoms. The van der Waals surface area contributed by atoms with Crippen molar-refractivity contribution < 1.29 is 14.6 Å². The van der Waals surface area contributed by atoms with Crippen LogP contribution in [-0.2, 0) is 20.5 Å². The Kier molecular flexibility index (Phi) is 7.45. The highest BCUT2D eigenvalue weighted by Crippen LogP contribution is 2.45. The standard InChI is InChI=1S/C32H32ClN5O5/c1-17-20(7-6-10-24(17)34-29(40)23-16-36(2)32(42)37(3)31(23)41)21-8-5-9-22(28(21)33)25-13-18-11-12-26(38-14-19(39)15-38)27(18)30(35-25)43-4/h5-10,13,16,19,26,39H,11-12,14-15H2,1-4H3,(H,34,40)/t26-/m1/s1. The van der Waals surface area contributed by atoms with E-state index in [0.717, 1.165) is 45.2 Å². The number of methoxy groups -OCH3 is 1. The van der Waals surface area contributed by atoms with Crippen LogP contribution in [0.5, 0.6) is 5.88 Å². The van der Waals surface area contributed by atoms with E-state index in [9.17, 15) is 19.5 Å². The second-order valence-corrected chi connectivity index (χ2v) is 11.5.